The minimum Gasteiger partial charge on any atom is -0.381 e. The Bertz CT molecular complexity index is 406. The smallest absolute Gasteiger partial charge is 0.251 e. The second kappa shape index (κ2) is 4.61. The van der Waals surface area contributed by atoms with Crippen LogP contribution >= 0.6 is 0 Å². The van der Waals surface area contributed by atoms with Crippen molar-refractivity contribution in [3.63, 3.8) is 0 Å². The molecular weight excluding hydrogens is 216 g/mol. The van der Waals surface area contributed by atoms with Gasteiger partial charge in [-0.1, -0.05) is 12.8 Å². The van der Waals surface area contributed by atoms with Crippen molar-refractivity contribution in [2.24, 2.45) is 0 Å². The summed E-state index contributed by atoms with van der Waals surface area (Å²) in [5.41, 5.74) is 0.983. The molecule has 1 aliphatic heterocycles. The predicted octanol–water partition coefficient (Wildman–Crippen LogP) is 1.93. The first-order chi connectivity index (χ1) is 8.33. The van der Waals surface area contributed by atoms with Gasteiger partial charge in [-0.25, -0.2) is 4.98 Å². The molecular formula is C13H18N2O2. The molecule has 3 rings (SSSR count). The maximum absolute atomic E-state index is 11.7. The van der Waals surface area contributed by atoms with Crippen molar-refractivity contribution in [1.82, 2.24) is 9.97 Å². The first-order valence-electron chi connectivity index (χ1n) is 6.52. The lowest BCUT2D eigenvalue weighted by atomic mass is 10.0. The van der Waals surface area contributed by atoms with Gasteiger partial charge in [0.25, 0.3) is 5.56 Å². The third-order valence-electron chi connectivity index (χ3n) is 3.87. The van der Waals surface area contributed by atoms with E-state index in [4.69, 9.17) is 4.74 Å². The van der Waals surface area contributed by atoms with E-state index in [9.17, 15) is 4.79 Å². The van der Waals surface area contributed by atoms with Gasteiger partial charge in [0, 0.05) is 24.5 Å². The van der Waals surface area contributed by atoms with Crippen molar-refractivity contribution >= 4 is 0 Å². The molecule has 2 fully saturated rings. The topological polar surface area (TPSA) is 55.0 Å². The summed E-state index contributed by atoms with van der Waals surface area (Å²) < 4.78 is 5.35. The number of ether oxygens (including phenoxy) is 1. The largest absolute Gasteiger partial charge is 0.381 e. The summed E-state index contributed by atoms with van der Waals surface area (Å²) in [7, 11) is 0. The van der Waals surface area contributed by atoms with Crippen LogP contribution in [0.4, 0.5) is 0 Å². The van der Waals surface area contributed by atoms with E-state index in [-0.39, 0.29) is 11.5 Å². The lowest BCUT2D eigenvalue weighted by Gasteiger charge is -2.12. The highest BCUT2D eigenvalue weighted by Crippen LogP contribution is 2.33. The summed E-state index contributed by atoms with van der Waals surface area (Å²) in [6.07, 6.45) is 5.85. The molecule has 1 aliphatic carbocycles. The van der Waals surface area contributed by atoms with Crippen LogP contribution in [0.2, 0.25) is 0 Å². The molecule has 1 saturated carbocycles. The Kier molecular flexibility index (Phi) is 2.97. The molecule has 1 unspecified atom stereocenters. The van der Waals surface area contributed by atoms with Gasteiger partial charge in [0.1, 0.15) is 5.82 Å². The number of aromatic nitrogens is 2. The molecule has 0 aromatic carbocycles. The molecule has 0 bridgehead atoms. The Morgan fingerprint density at radius 1 is 1.24 bits per heavy atom. The van der Waals surface area contributed by atoms with E-state index in [1.54, 1.807) is 6.07 Å². The average Bonchev–Trinajstić information content (AvgIpc) is 3.02. The summed E-state index contributed by atoms with van der Waals surface area (Å²) in [5.74, 6) is 1.61. The number of aromatic amines is 1. The Morgan fingerprint density at radius 2 is 2.06 bits per heavy atom. The van der Waals surface area contributed by atoms with E-state index >= 15 is 0 Å². The van der Waals surface area contributed by atoms with Crippen molar-refractivity contribution in [3.05, 3.63) is 27.9 Å². The van der Waals surface area contributed by atoms with Crippen molar-refractivity contribution in [1.29, 1.82) is 0 Å². The standard InChI is InChI=1S/C13H18N2O2/c16-12-7-11(9-3-1-2-4-9)14-13(15-12)10-5-6-17-8-10/h7,9-10H,1-6,8H2,(H,14,15,16). The number of hydrogen-bond acceptors (Lipinski definition) is 3. The van der Waals surface area contributed by atoms with Gasteiger partial charge < -0.3 is 9.72 Å². The summed E-state index contributed by atoms with van der Waals surface area (Å²) >= 11 is 0. The maximum Gasteiger partial charge on any atom is 0.251 e. The van der Waals surface area contributed by atoms with Gasteiger partial charge in [-0.2, -0.15) is 0 Å². The van der Waals surface area contributed by atoms with E-state index in [1.165, 1.54) is 25.7 Å². The zero-order valence-electron chi connectivity index (χ0n) is 9.95. The zero-order chi connectivity index (χ0) is 11.7. The van der Waals surface area contributed by atoms with Gasteiger partial charge in [0.05, 0.1) is 12.3 Å². The van der Waals surface area contributed by atoms with Crippen molar-refractivity contribution in [2.45, 2.75) is 43.9 Å². The van der Waals surface area contributed by atoms with E-state index in [2.05, 4.69) is 9.97 Å². The fraction of sp³-hybridized carbons (Fsp3) is 0.692. The monoisotopic (exact) mass is 234 g/mol. The van der Waals surface area contributed by atoms with Gasteiger partial charge in [-0.05, 0) is 19.3 Å². The predicted molar refractivity (Wildman–Crippen MR) is 64.2 cm³/mol. The highest BCUT2D eigenvalue weighted by atomic mass is 16.5. The van der Waals surface area contributed by atoms with Crippen LogP contribution in [0.25, 0.3) is 0 Å². The Morgan fingerprint density at radius 3 is 2.76 bits per heavy atom. The Labute approximate surface area is 100 Å². The van der Waals surface area contributed by atoms with Crippen LogP contribution in [-0.2, 0) is 4.74 Å². The van der Waals surface area contributed by atoms with Gasteiger partial charge in [-0.3, -0.25) is 4.79 Å². The molecule has 2 aliphatic rings. The van der Waals surface area contributed by atoms with E-state index in [1.807, 2.05) is 0 Å². The zero-order valence-corrected chi connectivity index (χ0v) is 9.95. The third-order valence-corrected chi connectivity index (χ3v) is 3.87. The number of hydrogen-bond donors (Lipinski definition) is 1. The number of nitrogens with zero attached hydrogens (tertiary/aromatic N) is 1. The second-order valence-corrected chi connectivity index (χ2v) is 5.10. The summed E-state index contributed by atoms with van der Waals surface area (Å²) in [6, 6.07) is 1.68. The van der Waals surface area contributed by atoms with Crippen LogP contribution in [0, 0.1) is 0 Å². The molecule has 0 amide bonds. The van der Waals surface area contributed by atoms with Crippen LogP contribution in [-0.4, -0.2) is 23.2 Å². The normalized spacial score (nSPS) is 25.5. The fourth-order valence-corrected chi connectivity index (χ4v) is 2.87. The minimum absolute atomic E-state index is 0.0104. The molecule has 1 atom stereocenters. The van der Waals surface area contributed by atoms with Crippen molar-refractivity contribution < 1.29 is 4.74 Å². The molecule has 4 heteroatoms. The lowest BCUT2D eigenvalue weighted by molar-refractivity contribution is 0.193. The first-order valence-corrected chi connectivity index (χ1v) is 6.52. The van der Waals surface area contributed by atoms with Crippen LogP contribution in [0.3, 0.4) is 0 Å². The number of rotatable bonds is 2. The average molecular weight is 234 g/mol. The van der Waals surface area contributed by atoms with Crippen LogP contribution in [0.15, 0.2) is 10.9 Å². The maximum atomic E-state index is 11.7. The highest BCUT2D eigenvalue weighted by Gasteiger charge is 2.23. The van der Waals surface area contributed by atoms with Crippen molar-refractivity contribution in [2.75, 3.05) is 13.2 Å². The SMILES string of the molecule is O=c1cc(C2CCCC2)nc(C2CCOC2)[nH]1. The summed E-state index contributed by atoms with van der Waals surface area (Å²) in [6.45, 7) is 1.47. The van der Waals surface area contributed by atoms with Crippen LogP contribution < -0.4 is 5.56 Å². The third kappa shape index (κ3) is 2.27. The van der Waals surface area contributed by atoms with Crippen molar-refractivity contribution in [3.8, 4) is 0 Å². The second-order valence-electron chi connectivity index (χ2n) is 5.10. The lowest BCUT2D eigenvalue weighted by Crippen LogP contribution is -2.17. The molecule has 17 heavy (non-hydrogen) atoms. The fourth-order valence-electron chi connectivity index (χ4n) is 2.87. The molecule has 4 nitrogen and oxygen atoms in total. The number of nitrogens with one attached hydrogen (secondary N) is 1. The Hall–Kier alpha value is -1.16. The van der Waals surface area contributed by atoms with E-state index in [0.717, 1.165) is 24.5 Å². The molecule has 0 radical (unpaired) electrons. The summed E-state index contributed by atoms with van der Waals surface area (Å²) in [5, 5.41) is 0. The molecule has 1 saturated heterocycles. The quantitative estimate of drug-likeness (QED) is 0.850. The minimum atomic E-state index is -0.0104. The van der Waals surface area contributed by atoms with Crippen LogP contribution in [0.5, 0.6) is 0 Å². The Balaban J connectivity index is 1.91. The van der Waals surface area contributed by atoms with Gasteiger partial charge in [0.15, 0.2) is 0 Å². The van der Waals surface area contributed by atoms with Crippen LogP contribution in [0.1, 0.15) is 55.5 Å². The van der Waals surface area contributed by atoms with Gasteiger partial charge in [0.2, 0.25) is 0 Å². The molecule has 92 valence electrons. The molecule has 2 heterocycles. The molecule has 1 aromatic rings. The van der Waals surface area contributed by atoms with Gasteiger partial charge in [-0.15, -0.1) is 0 Å². The molecule has 0 spiro atoms. The van der Waals surface area contributed by atoms with Gasteiger partial charge >= 0.3 is 0 Å². The first kappa shape index (κ1) is 11.0. The number of H-pyrrole nitrogens is 1. The molecule has 1 aromatic heterocycles. The molecule has 1 N–H and O–H groups in total. The summed E-state index contributed by atoms with van der Waals surface area (Å²) in [4.78, 5) is 19.2. The van der Waals surface area contributed by atoms with E-state index in [0.29, 0.717) is 12.5 Å². The van der Waals surface area contributed by atoms with E-state index < -0.39 is 0 Å². The highest BCUT2D eigenvalue weighted by molar-refractivity contribution is 5.12.